The number of fused-ring (bicyclic) bond motifs is 3. The summed E-state index contributed by atoms with van der Waals surface area (Å²) in [7, 11) is 0. The zero-order valence-electron chi connectivity index (χ0n) is 17.0. The van der Waals surface area contributed by atoms with E-state index in [-0.39, 0.29) is 30.3 Å². The van der Waals surface area contributed by atoms with Gasteiger partial charge in [-0.1, -0.05) is 37.3 Å². The monoisotopic (exact) mass is 398 g/mol. The first-order valence-corrected chi connectivity index (χ1v) is 10.4. The van der Waals surface area contributed by atoms with E-state index in [0.717, 1.165) is 16.9 Å². The first kappa shape index (κ1) is 21.4. The van der Waals surface area contributed by atoms with Gasteiger partial charge in [0.15, 0.2) is 0 Å². The number of para-hydroxylation sites is 1. The first-order valence-electron chi connectivity index (χ1n) is 10.4. The summed E-state index contributed by atoms with van der Waals surface area (Å²) in [4.78, 5) is 10.8. The van der Waals surface area contributed by atoms with Crippen LogP contribution in [-0.4, -0.2) is 39.6 Å². The number of hydrogen-bond acceptors (Lipinski definition) is 4. The number of carboxylic acid groups (broad SMARTS) is 1. The SMILES string of the molecule is CC#CCC(C)[C@H](O)/C=C/[C@@H]1[C@H]2c3cccc(CCCC(=O)O)c3O[C@H]2C[C@H]1O. The molecule has 3 rings (SSSR count). The minimum absolute atomic E-state index is 0.0287. The maximum atomic E-state index is 10.8. The van der Waals surface area contributed by atoms with E-state index in [1.54, 1.807) is 13.0 Å². The summed E-state index contributed by atoms with van der Waals surface area (Å²) >= 11 is 0. The van der Waals surface area contributed by atoms with Crippen molar-refractivity contribution in [2.45, 2.75) is 70.2 Å². The number of benzene rings is 1. The van der Waals surface area contributed by atoms with Gasteiger partial charge in [-0.2, -0.15) is 0 Å². The van der Waals surface area contributed by atoms with Crippen LogP contribution in [0.15, 0.2) is 30.4 Å². The third kappa shape index (κ3) is 4.83. The van der Waals surface area contributed by atoms with E-state index >= 15 is 0 Å². The number of aliphatic hydroxyl groups is 2. The zero-order chi connectivity index (χ0) is 21.0. The van der Waals surface area contributed by atoms with Crippen LogP contribution in [-0.2, 0) is 11.2 Å². The van der Waals surface area contributed by atoms with Gasteiger partial charge in [0.2, 0.25) is 0 Å². The molecule has 1 heterocycles. The first-order chi connectivity index (χ1) is 13.9. The van der Waals surface area contributed by atoms with E-state index in [1.165, 1.54) is 0 Å². The standard InChI is InChI=1S/C24H30O5/c1-3-4-7-15(2)19(25)13-12-17-20(26)14-21-23(17)18-10-5-8-16(24(18)29-21)9-6-11-22(27)28/h5,8,10,12-13,15,17,19-21,23,25-26H,6-7,9,11,14H2,1-2H3,(H,27,28)/b13-12+/t15?,17-,19+,20+,21-,23-/m0/s1. The molecule has 5 nitrogen and oxygen atoms in total. The fraction of sp³-hybridized carbons (Fsp3) is 0.542. The highest BCUT2D eigenvalue weighted by atomic mass is 16.5. The molecule has 0 saturated heterocycles. The van der Waals surface area contributed by atoms with Gasteiger partial charge in [-0.15, -0.1) is 11.8 Å². The van der Waals surface area contributed by atoms with Gasteiger partial charge >= 0.3 is 5.97 Å². The van der Waals surface area contributed by atoms with Crippen molar-refractivity contribution in [2.24, 2.45) is 11.8 Å². The highest BCUT2D eigenvalue weighted by molar-refractivity contribution is 5.66. The van der Waals surface area contributed by atoms with Crippen molar-refractivity contribution in [1.29, 1.82) is 0 Å². The molecule has 0 radical (unpaired) electrons. The van der Waals surface area contributed by atoms with Gasteiger partial charge in [0.25, 0.3) is 0 Å². The number of hydrogen-bond donors (Lipinski definition) is 3. The number of ether oxygens (including phenoxy) is 1. The summed E-state index contributed by atoms with van der Waals surface area (Å²) < 4.78 is 6.21. The molecule has 0 aromatic heterocycles. The Hall–Kier alpha value is -2.29. The predicted molar refractivity (Wildman–Crippen MR) is 111 cm³/mol. The smallest absolute Gasteiger partial charge is 0.303 e. The lowest BCUT2D eigenvalue weighted by Gasteiger charge is -2.19. The van der Waals surface area contributed by atoms with Crippen molar-refractivity contribution in [3.05, 3.63) is 41.5 Å². The Labute approximate surface area is 172 Å². The van der Waals surface area contributed by atoms with Crippen molar-refractivity contribution < 1.29 is 24.9 Å². The summed E-state index contributed by atoms with van der Waals surface area (Å²) in [6.45, 7) is 3.75. The second-order valence-corrected chi connectivity index (χ2v) is 8.13. The number of rotatable bonds is 8. The lowest BCUT2D eigenvalue weighted by atomic mass is 9.86. The van der Waals surface area contributed by atoms with E-state index in [4.69, 9.17) is 9.84 Å². The van der Waals surface area contributed by atoms with Crippen LogP contribution in [0.1, 0.15) is 56.6 Å². The van der Waals surface area contributed by atoms with Crippen LogP contribution in [0.5, 0.6) is 5.75 Å². The highest BCUT2D eigenvalue weighted by Crippen LogP contribution is 2.52. The average Bonchev–Trinajstić information content (AvgIpc) is 3.19. The molecule has 1 saturated carbocycles. The van der Waals surface area contributed by atoms with Gasteiger partial charge in [0.1, 0.15) is 11.9 Å². The largest absolute Gasteiger partial charge is 0.489 e. The normalized spacial score (nSPS) is 26.9. The van der Waals surface area contributed by atoms with Crippen LogP contribution in [0, 0.1) is 23.7 Å². The molecule has 1 aromatic carbocycles. The number of carbonyl (C=O) groups is 1. The van der Waals surface area contributed by atoms with Crippen LogP contribution >= 0.6 is 0 Å². The molecule has 1 unspecified atom stereocenters. The molecule has 2 aliphatic rings. The Morgan fingerprint density at radius 3 is 2.93 bits per heavy atom. The van der Waals surface area contributed by atoms with Crippen molar-refractivity contribution in [3.63, 3.8) is 0 Å². The Kier molecular flexibility index (Phi) is 7.00. The van der Waals surface area contributed by atoms with E-state index < -0.39 is 18.2 Å². The summed E-state index contributed by atoms with van der Waals surface area (Å²) in [5.41, 5.74) is 2.11. The van der Waals surface area contributed by atoms with Crippen LogP contribution in [0.25, 0.3) is 0 Å². The fourth-order valence-electron chi connectivity index (χ4n) is 4.41. The molecule has 0 spiro atoms. The molecule has 5 heteroatoms. The molecular formula is C24H30O5. The fourth-order valence-corrected chi connectivity index (χ4v) is 4.41. The predicted octanol–water partition coefficient (Wildman–Crippen LogP) is 3.29. The maximum Gasteiger partial charge on any atom is 0.303 e. The van der Waals surface area contributed by atoms with Crippen molar-refractivity contribution in [3.8, 4) is 17.6 Å². The minimum atomic E-state index is -0.790. The Morgan fingerprint density at radius 2 is 2.21 bits per heavy atom. The van der Waals surface area contributed by atoms with Crippen molar-refractivity contribution >= 4 is 5.97 Å². The third-order valence-electron chi connectivity index (χ3n) is 6.04. The molecule has 1 aromatic rings. The molecule has 156 valence electrons. The van der Waals surface area contributed by atoms with Gasteiger partial charge < -0.3 is 20.1 Å². The van der Waals surface area contributed by atoms with Gasteiger partial charge in [-0.25, -0.2) is 0 Å². The molecule has 3 N–H and O–H groups in total. The molecule has 0 bridgehead atoms. The number of aryl methyl sites for hydroxylation is 1. The number of carboxylic acids is 1. The maximum absolute atomic E-state index is 10.8. The van der Waals surface area contributed by atoms with Crippen LogP contribution in [0.3, 0.4) is 0 Å². The van der Waals surface area contributed by atoms with Crippen LogP contribution in [0.2, 0.25) is 0 Å². The van der Waals surface area contributed by atoms with Gasteiger partial charge in [-0.3, -0.25) is 4.79 Å². The minimum Gasteiger partial charge on any atom is -0.489 e. The second-order valence-electron chi connectivity index (χ2n) is 8.13. The average molecular weight is 398 g/mol. The molecule has 1 fully saturated rings. The van der Waals surface area contributed by atoms with Crippen LogP contribution < -0.4 is 4.74 Å². The van der Waals surface area contributed by atoms with E-state index in [1.807, 2.05) is 31.2 Å². The molecule has 29 heavy (non-hydrogen) atoms. The lowest BCUT2D eigenvalue weighted by Crippen LogP contribution is -2.19. The summed E-state index contributed by atoms with van der Waals surface area (Å²) in [5, 5.41) is 29.9. The molecule has 1 aliphatic carbocycles. The third-order valence-corrected chi connectivity index (χ3v) is 6.04. The van der Waals surface area contributed by atoms with E-state index in [2.05, 4.69) is 11.8 Å². The van der Waals surface area contributed by atoms with Crippen molar-refractivity contribution in [1.82, 2.24) is 0 Å². The molecule has 1 aliphatic heterocycles. The topological polar surface area (TPSA) is 87.0 Å². The highest BCUT2D eigenvalue weighted by Gasteiger charge is 2.48. The Balaban J connectivity index is 1.75. The Bertz CT molecular complexity index is 818. The molecular weight excluding hydrogens is 368 g/mol. The Morgan fingerprint density at radius 1 is 1.41 bits per heavy atom. The van der Waals surface area contributed by atoms with Gasteiger partial charge in [0.05, 0.1) is 12.2 Å². The number of aliphatic carboxylic acids is 1. The van der Waals surface area contributed by atoms with Gasteiger partial charge in [0, 0.05) is 36.7 Å². The number of aliphatic hydroxyl groups excluding tert-OH is 2. The summed E-state index contributed by atoms with van der Waals surface area (Å²) in [5.74, 6) is 5.87. The molecule has 0 amide bonds. The van der Waals surface area contributed by atoms with E-state index in [9.17, 15) is 15.0 Å². The van der Waals surface area contributed by atoms with Crippen LogP contribution in [0.4, 0.5) is 0 Å². The van der Waals surface area contributed by atoms with Gasteiger partial charge in [-0.05, 0) is 31.2 Å². The lowest BCUT2D eigenvalue weighted by molar-refractivity contribution is -0.137. The summed E-state index contributed by atoms with van der Waals surface area (Å²) in [6, 6.07) is 6.01. The second kappa shape index (κ2) is 9.47. The summed E-state index contributed by atoms with van der Waals surface area (Å²) in [6.07, 6.45) is 5.07. The van der Waals surface area contributed by atoms with Crippen molar-refractivity contribution in [2.75, 3.05) is 0 Å². The zero-order valence-corrected chi connectivity index (χ0v) is 17.0. The molecule has 6 atom stereocenters. The quantitative estimate of drug-likeness (QED) is 0.462. The van der Waals surface area contributed by atoms with E-state index in [0.29, 0.717) is 25.7 Å².